The zero-order valence-corrected chi connectivity index (χ0v) is 13.1. The van der Waals surface area contributed by atoms with E-state index >= 15 is 0 Å². The summed E-state index contributed by atoms with van der Waals surface area (Å²) in [7, 11) is 0. The highest BCUT2D eigenvalue weighted by atomic mass is 35.5. The summed E-state index contributed by atoms with van der Waals surface area (Å²) >= 11 is 5.79. The molecule has 0 saturated carbocycles. The van der Waals surface area contributed by atoms with Gasteiger partial charge in [-0.05, 0) is 51.3 Å². The van der Waals surface area contributed by atoms with Gasteiger partial charge in [-0.15, -0.1) is 0 Å². The number of alkyl carbamates (subject to hydrolysis) is 1. The lowest BCUT2D eigenvalue weighted by Gasteiger charge is -2.22. The van der Waals surface area contributed by atoms with Crippen LogP contribution in [0.15, 0.2) is 24.3 Å². The maximum absolute atomic E-state index is 11.6. The molecule has 116 valence electrons. The van der Waals surface area contributed by atoms with Crippen molar-refractivity contribution in [1.82, 2.24) is 5.32 Å². The molecule has 0 bridgehead atoms. The fourth-order valence-corrected chi connectivity index (χ4v) is 1.80. The predicted octanol–water partition coefficient (Wildman–Crippen LogP) is 3.25. The minimum absolute atomic E-state index is 0.274. The van der Waals surface area contributed by atoms with Crippen LogP contribution in [-0.2, 0) is 16.0 Å². The Morgan fingerprint density at radius 2 is 1.86 bits per heavy atom. The van der Waals surface area contributed by atoms with Crippen molar-refractivity contribution in [3.63, 3.8) is 0 Å². The maximum Gasteiger partial charge on any atom is 0.408 e. The number of aliphatic carboxylic acids is 1. The summed E-state index contributed by atoms with van der Waals surface area (Å²) in [4.78, 5) is 22.8. The maximum atomic E-state index is 11.6. The van der Waals surface area contributed by atoms with E-state index in [9.17, 15) is 9.59 Å². The fraction of sp³-hybridized carbons (Fsp3) is 0.467. The molecule has 0 aromatic heterocycles. The van der Waals surface area contributed by atoms with Crippen LogP contribution in [0.2, 0.25) is 5.02 Å². The van der Waals surface area contributed by atoms with Crippen LogP contribution < -0.4 is 5.32 Å². The number of nitrogens with one attached hydrogen (secondary N) is 1. The van der Waals surface area contributed by atoms with Crippen LogP contribution >= 0.6 is 11.6 Å². The van der Waals surface area contributed by atoms with Gasteiger partial charge in [0, 0.05) is 5.02 Å². The van der Waals surface area contributed by atoms with Crippen LogP contribution in [0.4, 0.5) is 4.79 Å². The van der Waals surface area contributed by atoms with Gasteiger partial charge in [0.1, 0.15) is 11.6 Å². The molecule has 1 rings (SSSR count). The molecular weight excluding hydrogens is 294 g/mol. The largest absolute Gasteiger partial charge is 0.480 e. The summed E-state index contributed by atoms with van der Waals surface area (Å²) in [5, 5.41) is 12.1. The molecule has 2 N–H and O–H groups in total. The molecule has 0 aliphatic rings. The van der Waals surface area contributed by atoms with E-state index in [2.05, 4.69) is 5.32 Å². The number of amides is 1. The molecule has 0 saturated heterocycles. The number of rotatable bonds is 5. The van der Waals surface area contributed by atoms with Gasteiger partial charge in [0.05, 0.1) is 0 Å². The summed E-state index contributed by atoms with van der Waals surface area (Å²) in [6.07, 6.45) is 0.0613. The van der Waals surface area contributed by atoms with Crippen molar-refractivity contribution < 1.29 is 19.4 Å². The summed E-state index contributed by atoms with van der Waals surface area (Å²) in [5.41, 5.74) is 0.292. The fourth-order valence-electron chi connectivity index (χ4n) is 1.67. The minimum atomic E-state index is -1.09. The van der Waals surface area contributed by atoms with Crippen LogP contribution in [0.3, 0.4) is 0 Å². The topological polar surface area (TPSA) is 75.6 Å². The van der Waals surface area contributed by atoms with Gasteiger partial charge >= 0.3 is 12.1 Å². The van der Waals surface area contributed by atoms with E-state index in [1.165, 1.54) is 0 Å². The smallest absolute Gasteiger partial charge is 0.408 e. The molecule has 0 spiro atoms. The van der Waals surface area contributed by atoms with Gasteiger partial charge in [0.25, 0.3) is 0 Å². The van der Waals surface area contributed by atoms with Gasteiger partial charge in [0.15, 0.2) is 0 Å². The Hall–Kier alpha value is -1.75. The normalized spacial score (nSPS) is 12.6. The monoisotopic (exact) mass is 313 g/mol. The number of aryl methyl sites for hydroxylation is 1. The molecule has 21 heavy (non-hydrogen) atoms. The van der Waals surface area contributed by atoms with Crippen LogP contribution in [0, 0.1) is 0 Å². The Morgan fingerprint density at radius 1 is 1.29 bits per heavy atom. The van der Waals surface area contributed by atoms with Crippen molar-refractivity contribution >= 4 is 23.7 Å². The Labute approximate surface area is 129 Å². The summed E-state index contributed by atoms with van der Waals surface area (Å²) in [6, 6.07) is 6.15. The van der Waals surface area contributed by atoms with E-state index in [-0.39, 0.29) is 6.42 Å². The lowest BCUT2D eigenvalue weighted by atomic mass is 10.1. The molecule has 1 amide bonds. The summed E-state index contributed by atoms with van der Waals surface area (Å²) < 4.78 is 5.06. The number of ether oxygens (including phenoxy) is 1. The number of carbonyl (C=O) groups excluding carboxylic acids is 1. The Morgan fingerprint density at radius 3 is 2.33 bits per heavy atom. The van der Waals surface area contributed by atoms with E-state index < -0.39 is 23.7 Å². The number of carboxylic acids is 1. The number of benzene rings is 1. The molecule has 0 radical (unpaired) electrons. The van der Waals surface area contributed by atoms with Gasteiger partial charge in [0.2, 0.25) is 0 Å². The van der Waals surface area contributed by atoms with Crippen LogP contribution in [0.5, 0.6) is 0 Å². The van der Waals surface area contributed by atoms with E-state index in [4.69, 9.17) is 21.4 Å². The highest BCUT2D eigenvalue weighted by molar-refractivity contribution is 6.30. The predicted molar refractivity (Wildman–Crippen MR) is 80.6 cm³/mol. The first-order chi connectivity index (χ1) is 9.67. The van der Waals surface area contributed by atoms with Crippen molar-refractivity contribution in [2.45, 2.75) is 45.3 Å². The number of carboxylic acid groups (broad SMARTS) is 1. The molecule has 5 nitrogen and oxygen atoms in total. The van der Waals surface area contributed by atoms with Gasteiger partial charge in [-0.2, -0.15) is 0 Å². The lowest BCUT2D eigenvalue weighted by molar-refractivity contribution is -0.139. The van der Waals surface area contributed by atoms with Crippen LogP contribution in [0.25, 0.3) is 0 Å². The van der Waals surface area contributed by atoms with Crippen LogP contribution in [-0.4, -0.2) is 28.8 Å². The van der Waals surface area contributed by atoms with Crippen molar-refractivity contribution in [2.24, 2.45) is 0 Å². The van der Waals surface area contributed by atoms with Crippen molar-refractivity contribution in [3.8, 4) is 0 Å². The Bertz CT molecular complexity index is 493. The number of hydrogen-bond donors (Lipinski definition) is 2. The summed E-state index contributed by atoms with van der Waals surface area (Å²) in [5.74, 6) is -1.09. The zero-order chi connectivity index (χ0) is 16.0. The SMILES string of the molecule is CC(C)(C)OC(=O)NC(CCc1ccc(Cl)cc1)C(=O)O. The quantitative estimate of drug-likeness (QED) is 0.875. The highest BCUT2D eigenvalue weighted by Gasteiger charge is 2.23. The van der Waals surface area contributed by atoms with Crippen LogP contribution in [0.1, 0.15) is 32.8 Å². The number of hydrogen-bond acceptors (Lipinski definition) is 3. The van der Waals surface area contributed by atoms with Gasteiger partial charge in [-0.1, -0.05) is 23.7 Å². The second-order valence-corrected chi connectivity index (χ2v) is 6.14. The van der Waals surface area contributed by atoms with E-state index in [0.29, 0.717) is 11.4 Å². The summed E-state index contributed by atoms with van der Waals surface area (Å²) in [6.45, 7) is 5.15. The molecule has 6 heteroatoms. The van der Waals surface area contributed by atoms with Crippen molar-refractivity contribution in [1.29, 1.82) is 0 Å². The standard InChI is InChI=1S/C15H20ClNO4/c1-15(2,3)21-14(20)17-12(13(18)19)9-6-10-4-7-11(16)8-5-10/h4-5,7-8,12H,6,9H2,1-3H3,(H,17,20)(H,18,19). The zero-order valence-electron chi connectivity index (χ0n) is 12.4. The first-order valence-electron chi connectivity index (χ1n) is 6.64. The van der Waals surface area contributed by atoms with Crippen molar-refractivity contribution in [3.05, 3.63) is 34.9 Å². The minimum Gasteiger partial charge on any atom is -0.480 e. The van der Waals surface area contributed by atoms with E-state index in [0.717, 1.165) is 5.56 Å². The third kappa shape index (κ3) is 6.99. The Balaban J connectivity index is 2.56. The molecule has 1 aromatic rings. The third-order valence-electron chi connectivity index (χ3n) is 2.62. The molecule has 1 unspecified atom stereocenters. The first-order valence-corrected chi connectivity index (χ1v) is 7.02. The number of carbonyl (C=O) groups is 2. The second-order valence-electron chi connectivity index (χ2n) is 5.70. The first kappa shape index (κ1) is 17.3. The molecule has 1 aromatic carbocycles. The number of halogens is 1. The molecule has 0 aliphatic heterocycles. The van der Waals surface area contributed by atoms with E-state index in [1.54, 1.807) is 32.9 Å². The van der Waals surface area contributed by atoms with Gasteiger partial charge < -0.3 is 15.2 Å². The average Bonchev–Trinajstić information content (AvgIpc) is 2.33. The highest BCUT2D eigenvalue weighted by Crippen LogP contribution is 2.12. The van der Waals surface area contributed by atoms with Gasteiger partial charge in [-0.25, -0.2) is 9.59 Å². The lowest BCUT2D eigenvalue weighted by Crippen LogP contribution is -2.43. The van der Waals surface area contributed by atoms with Gasteiger partial charge in [-0.3, -0.25) is 0 Å². The molecule has 1 atom stereocenters. The molecular formula is C15H20ClNO4. The molecule has 0 fully saturated rings. The molecule has 0 aliphatic carbocycles. The third-order valence-corrected chi connectivity index (χ3v) is 2.88. The molecule has 0 heterocycles. The van der Waals surface area contributed by atoms with E-state index in [1.807, 2.05) is 12.1 Å². The van der Waals surface area contributed by atoms with Crippen molar-refractivity contribution in [2.75, 3.05) is 0 Å². The Kier molecular flexibility index (Phi) is 6.03. The average molecular weight is 314 g/mol. The second kappa shape index (κ2) is 7.31.